The monoisotopic (exact) mass is 250 g/mol. The molecule has 0 saturated carbocycles. The SMILES string of the molecule is O=C(CC1CCCO1)Nc1cc(C(=O)O)ccn1. The molecule has 0 bridgehead atoms. The fourth-order valence-electron chi connectivity index (χ4n) is 1.84. The van der Waals surface area contributed by atoms with Crippen LogP contribution in [0.25, 0.3) is 0 Å². The van der Waals surface area contributed by atoms with Crippen molar-refractivity contribution in [1.82, 2.24) is 4.98 Å². The number of hydrogen-bond donors (Lipinski definition) is 2. The van der Waals surface area contributed by atoms with Crippen molar-refractivity contribution in [3.05, 3.63) is 23.9 Å². The van der Waals surface area contributed by atoms with E-state index in [9.17, 15) is 9.59 Å². The minimum absolute atomic E-state index is 0.0346. The summed E-state index contributed by atoms with van der Waals surface area (Å²) >= 11 is 0. The molecule has 1 aliphatic heterocycles. The van der Waals surface area contributed by atoms with Gasteiger partial charge in [0.2, 0.25) is 5.91 Å². The van der Waals surface area contributed by atoms with Gasteiger partial charge in [-0.2, -0.15) is 0 Å². The van der Waals surface area contributed by atoms with E-state index in [-0.39, 0.29) is 29.8 Å². The van der Waals surface area contributed by atoms with E-state index in [1.807, 2.05) is 0 Å². The van der Waals surface area contributed by atoms with Crippen LogP contribution < -0.4 is 5.32 Å². The summed E-state index contributed by atoms with van der Waals surface area (Å²) in [5.41, 5.74) is 0.0948. The lowest BCUT2D eigenvalue weighted by atomic mass is 10.2. The molecule has 1 atom stereocenters. The van der Waals surface area contributed by atoms with Crippen LogP contribution in [-0.4, -0.2) is 34.7 Å². The second-order valence-corrected chi connectivity index (χ2v) is 4.12. The minimum Gasteiger partial charge on any atom is -0.478 e. The lowest BCUT2D eigenvalue weighted by molar-refractivity contribution is -0.118. The number of anilines is 1. The number of pyridine rings is 1. The van der Waals surface area contributed by atoms with Crippen molar-refractivity contribution < 1.29 is 19.4 Å². The Balaban J connectivity index is 1.93. The second-order valence-electron chi connectivity index (χ2n) is 4.12. The summed E-state index contributed by atoms with van der Waals surface area (Å²) in [6, 6.07) is 2.70. The van der Waals surface area contributed by atoms with Crippen LogP contribution in [0.1, 0.15) is 29.6 Å². The molecular weight excluding hydrogens is 236 g/mol. The molecule has 96 valence electrons. The molecule has 1 fully saturated rings. The van der Waals surface area contributed by atoms with Crippen LogP contribution >= 0.6 is 0 Å². The molecule has 2 rings (SSSR count). The lowest BCUT2D eigenvalue weighted by Gasteiger charge is -2.09. The number of nitrogens with zero attached hydrogens (tertiary/aromatic N) is 1. The van der Waals surface area contributed by atoms with Gasteiger partial charge in [-0.05, 0) is 25.0 Å². The number of amides is 1. The third-order valence-corrected chi connectivity index (χ3v) is 2.71. The second kappa shape index (κ2) is 5.59. The van der Waals surface area contributed by atoms with Crippen molar-refractivity contribution in [1.29, 1.82) is 0 Å². The maximum atomic E-state index is 11.7. The van der Waals surface area contributed by atoms with Crippen LogP contribution in [0.5, 0.6) is 0 Å². The van der Waals surface area contributed by atoms with Crippen LogP contribution in [0.15, 0.2) is 18.3 Å². The van der Waals surface area contributed by atoms with Gasteiger partial charge in [-0.25, -0.2) is 9.78 Å². The maximum Gasteiger partial charge on any atom is 0.335 e. The van der Waals surface area contributed by atoms with E-state index in [4.69, 9.17) is 9.84 Å². The predicted octanol–water partition coefficient (Wildman–Crippen LogP) is 1.29. The molecule has 1 amide bonds. The van der Waals surface area contributed by atoms with Crippen molar-refractivity contribution in [2.24, 2.45) is 0 Å². The molecule has 18 heavy (non-hydrogen) atoms. The van der Waals surface area contributed by atoms with Gasteiger partial charge in [0, 0.05) is 12.8 Å². The van der Waals surface area contributed by atoms with Gasteiger partial charge in [-0.15, -0.1) is 0 Å². The van der Waals surface area contributed by atoms with Gasteiger partial charge in [0.1, 0.15) is 5.82 Å². The van der Waals surface area contributed by atoms with Gasteiger partial charge in [-0.1, -0.05) is 0 Å². The molecule has 1 aromatic heterocycles. The van der Waals surface area contributed by atoms with Gasteiger partial charge in [0.05, 0.1) is 18.1 Å². The van der Waals surface area contributed by atoms with E-state index >= 15 is 0 Å². The molecule has 0 spiro atoms. The van der Waals surface area contributed by atoms with Crippen LogP contribution in [-0.2, 0) is 9.53 Å². The number of aromatic carboxylic acids is 1. The Morgan fingerprint density at radius 1 is 1.56 bits per heavy atom. The van der Waals surface area contributed by atoms with E-state index in [1.54, 1.807) is 0 Å². The molecule has 2 N–H and O–H groups in total. The van der Waals surface area contributed by atoms with Gasteiger partial charge in [-0.3, -0.25) is 4.79 Å². The van der Waals surface area contributed by atoms with Crippen LogP contribution in [0, 0.1) is 0 Å². The zero-order valence-electron chi connectivity index (χ0n) is 9.76. The van der Waals surface area contributed by atoms with E-state index in [1.165, 1.54) is 18.3 Å². The largest absolute Gasteiger partial charge is 0.478 e. The number of aromatic nitrogens is 1. The summed E-state index contributed by atoms with van der Waals surface area (Å²) in [6.07, 6.45) is 3.46. The first-order chi connectivity index (χ1) is 8.65. The number of carboxylic acid groups (broad SMARTS) is 1. The smallest absolute Gasteiger partial charge is 0.335 e. The molecule has 1 unspecified atom stereocenters. The Morgan fingerprint density at radius 2 is 2.39 bits per heavy atom. The molecule has 1 saturated heterocycles. The number of nitrogens with one attached hydrogen (secondary N) is 1. The first kappa shape index (κ1) is 12.5. The zero-order chi connectivity index (χ0) is 13.0. The van der Waals surface area contributed by atoms with Crippen molar-refractivity contribution >= 4 is 17.7 Å². The molecule has 1 aromatic rings. The van der Waals surface area contributed by atoms with Crippen LogP contribution in [0.2, 0.25) is 0 Å². The predicted molar refractivity (Wildman–Crippen MR) is 63.4 cm³/mol. The van der Waals surface area contributed by atoms with Gasteiger partial charge in [0.15, 0.2) is 0 Å². The van der Waals surface area contributed by atoms with Crippen molar-refractivity contribution in [3.63, 3.8) is 0 Å². The zero-order valence-corrected chi connectivity index (χ0v) is 9.76. The average molecular weight is 250 g/mol. The van der Waals surface area contributed by atoms with Crippen LogP contribution in [0.3, 0.4) is 0 Å². The topological polar surface area (TPSA) is 88.5 Å². The first-order valence-corrected chi connectivity index (χ1v) is 5.76. The fraction of sp³-hybridized carbons (Fsp3) is 0.417. The highest BCUT2D eigenvalue weighted by atomic mass is 16.5. The van der Waals surface area contributed by atoms with Crippen molar-refractivity contribution in [2.45, 2.75) is 25.4 Å². The van der Waals surface area contributed by atoms with Crippen molar-refractivity contribution in [3.8, 4) is 0 Å². The first-order valence-electron chi connectivity index (χ1n) is 5.76. The fourth-order valence-corrected chi connectivity index (χ4v) is 1.84. The summed E-state index contributed by atoms with van der Waals surface area (Å²) in [7, 11) is 0. The molecule has 1 aliphatic rings. The Labute approximate surface area is 104 Å². The number of carbonyl (C=O) groups excluding carboxylic acids is 1. The third kappa shape index (κ3) is 3.27. The molecule has 6 nitrogen and oxygen atoms in total. The molecular formula is C12H14N2O4. The maximum absolute atomic E-state index is 11.7. The number of carbonyl (C=O) groups is 2. The number of rotatable bonds is 4. The average Bonchev–Trinajstić information content (AvgIpc) is 2.82. The highest BCUT2D eigenvalue weighted by molar-refractivity contribution is 5.92. The Hall–Kier alpha value is -1.95. The molecule has 6 heteroatoms. The summed E-state index contributed by atoms with van der Waals surface area (Å²) in [5, 5.41) is 11.4. The highest BCUT2D eigenvalue weighted by Gasteiger charge is 2.19. The Morgan fingerprint density at radius 3 is 3.06 bits per heavy atom. The third-order valence-electron chi connectivity index (χ3n) is 2.71. The lowest BCUT2D eigenvalue weighted by Crippen LogP contribution is -2.20. The molecule has 2 heterocycles. The Kier molecular flexibility index (Phi) is 3.88. The summed E-state index contributed by atoms with van der Waals surface area (Å²) in [5.74, 6) is -1.01. The molecule has 0 aliphatic carbocycles. The summed E-state index contributed by atoms with van der Waals surface area (Å²) in [4.78, 5) is 26.3. The Bertz CT molecular complexity index is 455. The molecule has 0 radical (unpaired) electrons. The van der Waals surface area contributed by atoms with E-state index in [2.05, 4.69) is 10.3 Å². The van der Waals surface area contributed by atoms with E-state index < -0.39 is 5.97 Å². The normalized spacial score (nSPS) is 18.6. The number of ether oxygens (including phenoxy) is 1. The van der Waals surface area contributed by atoms with Gasteiger partial charge >= 0.3 is 5.97 Å². The standard InChI is InChI=1S/C12H14N2O4/c15-11(7-9-2-1-5-18-9)14-10-6-8(12(16)17)3-4-13-10/h3-4,6,9H,1-2,5,7H2,(H,16,17)(H,13,14,15). The minimum atomic E-state index is -1.05. The summed E-state index contributed by atoms with van der Waals surface area (Å²) in [6.45, 7) is 0.699. The molecule has 0 aromatic carbocycles. The summed E-state index contributed by atoms with van der Waals surface area (Å²) < 4.78 is 5.35. The van der Waals surface area contributed by atoms with Crippen molar-refractivity contribution in [2.75, 3.05) is 11.9 Å². The van der Waals surface area contributed by atoms with Gasteiger partial charge < -0.3 is 15.2 Å². The quantitative estimate of drug-likeness (QED) is 0.840. The number of carboxylic acids is 1. The van der Waals surface area contributed by atoms with Crippen LogP contribution in [0.4, 0.5) is 5.82 Å². The highest BCUT2D eigenvalue weighted by Crippen LogP contribution is 2.16. The van der Waals surface area contributed by atoms with E-state index in [0.29, 0.717) is 6.61 Å². The van der Waals surface area contributed by atoms with E-state index in [0.717, 1.165) is 12.8 Å². The number of hydrogen-bond acceptors (Lipinski definition) is 4. The van der Waals surface area contributed by atoms with Gasteiger partial charge in [0.25, 0.3) is 0 Å².